The summed E-state index contributed by atoms with van der Waals surface area (Å²) in [6.45, 7) is 5.00. The lowest BCUT2D eigenvalue weighted by molar-refractivity contribution is 0.0868. The van der Waals surface area contributed by atoms with E-state index in [9.17, 15) is 53.7 Å². The van der Waals surface area contributed by atoms with Gasteiger partial charge >= 0.3 is 0 Å². The zero-order valence-corrected chi connectivity index (χ0v) is 44.3. The van der Waals surface area contributed by atoms with E-state index in [0.29, 0.717) is 5.56 Å². The fourth-order valence-electron chi connectivity index (χ4n) is 9.51. The number of halogens is 1. The number of carbonyl (C=O) groups is 8. The SMILES string of the molecule is Cc1c2cccc1C(=O)NCCN1CCNC(=O)c3cccc(c3O)C(=O)NCCN(CCNC2=O)CCN2CCNC(=O)c3cccc(c3O)C(=O)NCCN(CC1)CC(C(C)F)NC(=O)c1cccc(c1O)C(=O)NCC2. The van der Waals surface area contributed by atoms with Crippen LogP contribution in [0, 0.1) is 6.92 Å². The molecule has 12 bridgehead atoms. The van der Waals surface area contributed by atoms with Gasteiger partial charge in [0.15, 0.2) is 0 Å². The number of hydrogen-bond acceptors (Lipinski definition) is 15. The van der Waals surface area contributed by atoms with Crippen molar-refractivity contribution in [1.82, 2.24) is 62.1 Å². The minimum absolute atomic E-state index is 0.00156. The highest BCUT2D eigenvalue weighted by atomic mass is 19.1. The second-order valence-electron chi connectivity index (χ2n) is 19.5. The van der Waals surface area contributed by atoms with Gasteiger partial charge in [0.1, 0.15) is 23.4 Å². The molecule has 422 valence electrons. The number of phenols is 3. The Morgan fingerprint density at radius 1 is 0.380 bits per heavy atom. The van der Waals surface area contributed by atoms with Crippen molar-refractivity contribution in [3.05, 3.63) is 123 Å². The summed E-state index contributed by atoms with van der Waals surface area (Å²) in [7, 11) is 0. The lowest BCUT2D eigenvalue weighted by atomic mass is 10.0. The second-order valence-corrected chi connectivity index (χ2v) is 19.5. The maximum atomic E-state index is 15.8. The van der Waals surface area contributed by atoms with Gasteiger partial charge in [-0.05, 0) is 67.9 Å². The summed E-state index contributed by atoms with van der Waals surface area (Å²) < 4.78 is 15.8. The van der Waals surface area contributed by atoms with Crippen molar-refractivity contribution in [1.29, 1.82) is 0 Å². The van der Waals surface area contributed by atoms with E-state index in [1.807, 2.05) is 14.7 Å². The van der Waals surface area contributed by atoms with Crippen LogP contribution < -0.4 is 42.5 Å². The lowest BCUT2D eigenvalue weighted by Crippen LogP contribution is -2.51. The maximum Gasteiger partial charge on any atom is 0.255 e. The average molecular weight is 1090 g/mol. The molecule has 11 N–H and O–H groups in total. The quantitative estimate of drug-likeness (QED) is 0.120. The Bertz CT molecular complexity index is 2820. The highest BCUT2D eigenvalue weighted by molar-refractivity contribution is 6.06. The Labute approximate surface area is 456 Å². The number of nitrogens with one attached hydrogen (secondary N) is 8. The van der Waals surface area contributed by atoms with Crippen LogP contribution >= 0.6 is 0 Å². The Hall–Kier alpha value is -8.19. The van der Waals surface area contributed by atoms with Crippen LogP contribution in [-0.2, 0) is 0 Å². The first-order valence-electron chi connectivity index (χ1n) is 26.4. The van der Waals surface area contributed by atoms with E-state index in [1.54, 1.807) is 30.0 Å². The van der Waals surface area contributed by atoms with E-state index in [4.69, 9.17) is 0 Å². The molecule has 0 aromatic heterocycles. The molecule has 79 heavy (non-hydrogen) atoms. The van der Waals surface area contributed by atoms with Crippen molar-refractivity contribution in [3.8, 4) is 17.2 Å². The summed E-state index contributed by atoms with van der Waals surface area (Å²) in [6.07, 6.45) is -1.69. The number of para-hydroxylation sites is 3. The summed E-state index contributed by atoms with van der Waals surface area (Å²) in [6, 6.07) is 16.1. The summed E-state index contributed by atoms with van der Waals surface area (Å²) >= 11 is 0. The first-order valence-corrected chi connectivity index (χ1v) is 26.4. The molecule has 6 unspecified atom stereocenters. The van der Waals surface area contributed by atoms with Gasteiger partial charge in [0.05, 0.1) is 39.4 Å². The van der Waals surface area contributed by atoms with Crippen molar-refractivity contribution < 1.29 is 58.1 Å². The van der Waals surface area contributed by atoms with Gasteiger partial charge in [-0.25, -0.2) is 4.39 Å². The predicted molar refractivity (Wildman–Crippen MR) is 289 cm³/mol. The van der Waals surface area contributed by atoms with E-state index in [0.717, 1.165) is 0 Å². The highest BCUT2D eigenvalue weighted by Gasteiger charge is 2.28. The third kappa shape index (κ3) is 15.5. The summed E-state index contributed by atoms with van der Waals surface area (Å²) in [4.78, 5) is 118. The zero-order valence-electron chi connectivity index (χ0n) is 44.3. The number of hydrogen-bond donors (Lipinski definition) is 11. The Morgan fingerprint density at radius 2 is 0.608 bits per heavy atom. The molecule has 4 heterocycles. The van der Waals surface area contributed by atoms with Gasteiger partial charge in [0, 0.05) is 135 Å². The smallest absolute Gasteiger partial charge is 0.255 e. The number of amides is 8. The predicted octanol–water partition coefficient (Wildman–Crippen LogP) is 0.0262. The van der Waals surface area contributed by atoms with Crippen LogP contribution in [0.3, 0.4) is 0 Å². The molecule has 6 atom stereocenters. The van der Waals surface area contributed by atoms with Gasteiger partial charge in [-0.1, -0.05) is 24.3 Å². The normalized spacial score (nSPS) is 22.9. The minimum Gasteiger partial charge on any atom is -0.506 e. The largest absolute Gasteiger partial charge is 0.506 e. The van der Waals surface area contributed by atoms with Gasteiger partial charge in [-0.3, -0.25) is 58.0 Å². The van der Waals surface area contributed by atoms with Crippen molar-refractivity contribution in [2.45, 2.75) is 26.1 Å². The molecule has 4 aliphatic heterocycles. The van der Waals surface area contributed by atoms with Crippen LogP contribution in [0.2, 0.25) is 0 Å². The standard InChI is InChI=1S/C55H69FN12O11/c1-34-36-7-3-8-37(34)49(73)58-16-23-67-27-20-61-52(76)39-10-4-9-38(45(39)69)50(74)59-17-24-65(22-15-57-48(36)72)29-30-66-25-18-60-51(75)40-11-5-12-41(46(40)70)53(77)63-21-28-68(32-31-67)33-44(35(2)56)64-55(79)43-14-6-13-42(47(43)71)54(78)62-19-26-66/h3-14,35,44,69-71H,15-33H2,1-2H3,(H,57,72)(H,58,73)(H,59,74)(H,60,75)(H,61,76)(H,62,78)(H,63,77)(H,64,79). The highest BCUT2D eigenvalue weighted by Crippen LogP contribution is 2.25. The van der Waals surface area contributed by atoms with Gasteiger partial charge in [-0.2, -0.15) is 0 Å². The van der Waals surface area contributed by atoms with Gasteiger partial charge in [-0.15, -0.1) is 0 Å². The molecule has 0 saturated heterocycles. The van der Waals surface area contributed by atoms with Crippen LogP contribution in [0.25, 0.3) is 0 Å². The molecule has 23 nitrogen and oxygen atoms in total. The average Bonchev–Trinajstić information content (AvgIpc) is 3.43. The fourth-order valence-corrected chi connectivity index (χ4v) is 9.51. The number of fused-ring (bicyclic) bond motifs is 16. The molecule has 8 rings (SSSR count). The first-order chi connectivity index (χ1) is 38.0. The number of alkyl halides is 1. The van der Waals surface area contributed by atoms with Crippen LogP contribution in [0.1, 0.15) is 95.4 Å². The third-order valence-electron chi connectivity index (χ3n) is 14.2. The van der Waals surface area contributed by atoms with E-state index >= 15 is 4.39 Å². The molecule has 0 spiro atoms. The lowest BCUT2D eigenvalue weighted by Gasteiger charge is -2.31. The van der Waals surface area contributed by atoms with Crippen LogP contribution in [-0.4, -0.2) is 219 Å². The maximum absolute atomic E-state index is 15.8. The summed E-state index contributed by atoms with van der Waals surface area (Å²) in [5.74, 6) is -6.84. The monoisotopic (exact) mass is 1090 g/mol. The summed E-state index contributed by atoms with van der Waals surface area (Å²) in [5.41, 5.74) is -0.128. The Morgan fingerprint density at radius 3 is 0.886 bits per heavy atom. The number of carbonyl (C=O) groups excluding carboxylic acids is 8. The molecular formula is C55H69FN12O11. The van der Waals surface area contributed by atoms with Gasteiger partial charge in [0.25, 0.3) is 47.3 Å². The first kappa shape index (κ1) is 58.5. The molecule has 0 fully saturated rings. The van der Waals surface area contributed by atoms with Crippen molar-refractivity contribution >= 4 is 47.3 Å². The molecule has 0 aliphatic carbocycles. The van der Waals surface area contributed by atoms with Crippen molar-refractivity contribution in [2.75, 3.05) is 124 Å². The fraction of sp³-hybridized carbons (Fsp3) is 0.418. The molecular weight excluding hydrogens is 1020 g/mol. The van der Waals surface area contributed by atoms with Gasteiger partial charge in [0.2, 0.25) is 0 Å². The summed E-state index contributed by atoms with van der Waals surface area (Å²) in [5, 5.41) is 56.6. The van der Waals surface area contributed by atoms with Crippen LogP contribution in [0.5, 0.6) is 17.2 Å². The van der Waals surface area contributed by atoms with E-state index in [1.165, 1.54) is 61.5 Å². The third-order valence-corrected chi connectivity index (χ3v) is 14.2. The minimum atomic E-state index is -1.69. The topological polar surface area (TPSA) is 306 Å². The molecule has 24 heteroatoms. The van der Waals surface area contributed by atoms with E-state index in [-0.39, 0.29) is 169 Å². The number of benzene rings is 4. The van der Waals surface area contributed by atoms with Crippen LogP contribution in [0.15, 0.2) is 72.8 Å². The Balaban J connectivity index is 1.32. The molecule has 0 radical (unpaired) electrons. The molecule has 4 aromatic carbocycles. The number of rotatable bonds is 1. The molecule has 0 saturated carbocycles. The van der Waals surface area contributed by atoms with E-state index in [2.05, 4.69) is 42.5 Å². The number of nitrogens with zero attached hydrogens (tertiary/aromatic N) is 4. The van der Waals surface area contributed by atoms with E-state index < -0.39 is 76.7 Å². The second kappa shape index (κ2) is 27.9. The molecule has 4 aliphatic rings. The number of aromatic hydroxyl groups is 3. The molecule has 8 amide bonds. The molecule has 4 aromatic rings. The zero-order chi connectivity index (χ0) is 56.6. The van der Waals surface area contributed by atoms with Crippen molar-refractivity contribution in [3.63, 3.8) is 0 Å². The van der Waals surface area contributed by atoms with Crippen LogP contribution in [0.4, 0.5) is 4.39 Å². The number of phenolic OH excluding ortho intramolecular Hbond substituents is 3. The van der Waals surface area contributed by atoms with Gasteiger partial charge < -0.3 is 57.9 Å². The Kier molecular flexibility index (Phi) is 20.7. The van der Waals surface area contributed by atoms with Crippen molar-refractivity contribution in [2.24, 2.45) is 0 Å².